The van der Waals surface area contributed by atoms with Crippen molar-refractivity contribution < 1.29 is 18.8 Å². The molecule has 0 aromatic heterocycles. The standard InChI is InChI=1S/C19H27O4P/c1-4-9-16(24-21)19(12-6-5-7-13-19)18(20)17-14(22-2)10-8-11-15(17)23-3/h8,10-11,16H,4-7,9,12-13H2,1-3H3. The van der Waals surface area contributed by atoms with Crippen LogP contribution in [0.25, 0.3) is 0 Å². The maximum atomic E-state index is 13.7. The minimum absolute atomic E-state index is 0.0262. The zero-order valence-corrected chi connectivity index (χ0v) is 15.7. The number of benzene rings is 1. The molecule has 0 bridgehead atoms. The molecule has 0 heterocycles. The molecule has 1 aliphatic rings. The van der Waals surface area contributed by atoms with Crippen molar-refractivity contribution in [2.24, 2.45) is 5.41 Å². The average Bonchev–Trinajstić information content (AvgIpc) is 2.65. The van der Waals surface area contributed by atoms with Crippen molar-refractivity contribution in [1.82, 2.24) is 0 Å². The van der Waals surface area contributed by atoms with Gasteiger partial charge in [-0.1, -0.05) is 38.7 Å². The quantitative estimate of drug-likeness (QED) is 0.472. The summed E-state index contributed by atoms with van der Waals surface area (Å²) in [4.78, 5) is 13.7. The van der Waals surface area contributed by atoms with E-state index in [-0.39, 0.29) is 19.9 Å². The lowest BCUT2D eigenvalue weighted by molar-refractivity contribution is 0.0688. The van der Waals surface area contributed by atoms with Gasteiger partial charge in [0, 0.05) is 5.41 Å². The SMILES string of the molecule is CCCC(P=O)C1(C(=O)c2c(OC)cccc2OC)CCCCC1. The van der Waals surface area contributed by atoms with Gasteiger partial charge >= 0.3 is 0 Å². The minimum Gasteiger partial charge on any atom is -0.496 e. The van der Waals surface area contributed by atoms with Crippen LogP contribution in [0.15, 0.2) is 18.2 Å². The van der Waals surface area contributed by atoms with Gasteiger partial charge in [0.15, 0.2) is 14.2 Å². The Kier molecular flexibility index (Phi) is 6.79. The number of hydrogen-bond acceptors (Lipinski definition) is 4. The fourth-order valence-corrected chi connectivity index (χ4v) is 4.86. The highest BCUT2D eigenvalue weighted by Gasteiger charge is 2.48. The second-order valence-electron chi connectivity index (χ2n) is 6.49. The molecule has 1 fully saturated rings. The molecule has 1 aliphatic carbocycles. The molecule has 0 radical (unpaired) electrons. The summed E-state index contributed by atoms with van der Waals surface area (Å²) in [5, 5.41) is 0. The van der Waals surface area contributed by atoms with Gasteiger partial charge in [0.25, 0.3) is 0 Å². The van der Waals surface area contributed by atoms with E-state index in [1.54, 1.807) is 26.4 Å². The predicted octanol–water partition coefficient (Wildman–Crippen LogP) is 5.30. The molecule has 1 unspecified atom stereocenters. The molecule has 0 aliphatic heterocycles. The molecule has 2 rings (SSSR count). The largest absolute Gasteiger partial charge is 0.496 e. The summed E-state index contributed by atoms with van der Waals surface area (Å²) < 4.78 is 22.8. The van der Waals surface area contributed by atoms with Gasteiger partial charge in [0.1, 0.15) is 17.1 Å². The van der Waals surface area contributed by atoms with E-state index in [1.165, 1.54) is 0 Å². The van der Waals surface area contributed by atoms with Crippen LogP contribution in [0.3, 0.4) is 0 Å². The lowest BCUT2D eigenvalue weighted by Crippen LogP contribution is -2.42. The zero-order chi connectivity index (χ0) is 17.6. The van der Waals surface area contributed by atoms with Crippen LogP contribution < -0.4 is 9.47 Å². The summed E-state index contributed by atoms with van der Waals surface area (Å²) in [5.41, 5.74) is -0.237. The maximum absolute atomic E-state index is 13.7. The highest BCUT2D eigenvalue weighted by molar-refractivity contribution is 7.24. The minimum atomic E-state index is -0.584. The number of Topliss-reactive ketones (excluding diaryl/α,β-unsaturated/α-hetero) is 1. The van der Waals surface area contributed by atoms with Crippen LogP contribution >= 0.6 is 8.46 Å². The fourth-order valence-electron chi connectivity index (χ4n) is 3.92. The molecule has 1 aromatic carbocycles. The van der Waals surface area contributed by atoms with E-state index in [1.807, 2.05) is 6.07 Å². The third-order valence-electron chi connectivity index (χ3n) is 5.18. The number of hydrogen-bond donors (Lipinski definition) is 0. The fraction of sp³-hybridized carbons (Fsp3) is 0.632. The molecule has 24 heavy (non-hydrogen) atoms. The Balaban J connectivity index is 2.55. The van der Waals surface area contributed by atoms with Crippen LogP contribution in [0.2, 0.25) is 0 Å². The number of carbonyl (C=O) groups excluding carboxylic acids is 1. The van der Waals surface area contributed by atoms with Crippen LogP contribution in [-0.4, -0.2) is 25.7 Å². The third kappa shape index (κ3) is 3.49. The predicted molar refractivity (Wildman–Crippen MR) is 95.7 cm³/mol. The number of carbonyl (C=O) groups is 1. The van der Waals surface area contributed by atoms with Gasteiger partial charge in [-0.3, -0.25) is 9.36 Å². The Bertz CT molecular complexity index is 556. The summed E-state index contributed by atoms with van der Waals surface area (Å²) in [5.74, 6) is 1.09. The molecule has 1 atom stereocenters. The molecule has 1 saturated carbocycles. The molecule has 0 saturated heterocycles. The van der Waals surface area contributed by atoms with E-state index in [0.717, 1.165) is 44.9 Å². The number of methoxy groups -OCH3 is 2. The third-order valence-corrected chi connectivity index (χ3v) is 6.19. The molecule has 4 nitrogen and oxygen atoms in total. The second kappa shape index (κ2) is 8.62. The van der Waals surface area contributed by atoms with Crippen molar-refractivity contribution in [2.75, 3.05) is 14.2 Å². The molecule has 0 N–H and O–H groups in total. The number of rotatable bonds is 8. The summed E-state index contributed by atoms with van der Waals surface area (Å²) in [6.45, 7) is 2.07. The number of ether oxygens (including phenoxy) is 2. The van der Waals surface area contributed by atoms with Gasteiger partial charge in [-0.2, -0.15) is 0 Å². The van der Waals surface area contributed by atoms with Gasteiger partial charge in [0.2, 0.25) is 0 Å². The van der Waals surface area contributed by atoms with Crippen molar-refractivity contribution in [3.8, 4) is 11.5 Å². The van der Waals surface area contributed by atoms with Crippen LogP contribution in [0.5, 0.6) is 11.5 Å². The molecule has 0 spiro atoms. The van der Waals surface area contributed by atoms with Gasteiger partial charge in [-0.25, -0.2) is 0 Å². The van der Waals surface area contributed by atoms with Crippen LogP contribution in [0.4, 0.5) is 0 Å². The monoisotopic (exact) mass is 350 g/mol. The summed E-state index contributed by atoms with van der Waals surface area (Å²) >= 11 is 0. The molecular formula is C19H27O4P. The van der Waals surface area contributed by atoms with Crippen molar-refractivity contribution in [3.63, 3.8) is 0 Å². The summed E-state index contributed by atoms with van der Waals surface area (Å²) in [6.07, 6.45) is 6.40. The summed E-state index contributed by atoms with van der Waals surface area (Å²) in [7, 11) is 3.20. The van der Waals surface area contributed by atoms with E-state index in [4.69, 9.17) is 9.47 Å². The van der Waals surface area contributed by atoms with Crippen molar-refractivity contribution in [3.05, 3.63) is 23.8 Å². The highest BCUT2D eigenvalue weighted by Crippen LogP contribution is 2.49. The van der Waals surface area contributed by atoms with Gasteiger partial charge in [-0.15, -0.1) is 0 Å². The first-order valence-corrected chi connectivity index (χ1v) is 9.61. The van der Waals surface area contributed by atoms with E-state index in [0.29, 0.717) is 17.1 Å². The zero-order valence-electron chi connectivity index (χ0n) is 14.8. The Morgan fingerprint density at radius 2 is 1.75 bits per heavy atom. The van der Waals surface area contributed by atoms with Crippen molar-refractivity contribution in [2.45, 2.75) is 57.5 Å². The first-order chi connectivity index (χ1) is 11.6. The van der Waals surface area contributed by atoms with Crippen LogP contribution in [0, 0.1) is 5.41 Å². The van der Waals surface area contributed by atoms with Gasteiger partial charge in [0.05, 0.1) is 19.9 Å². The van der Waals surface area contributed by atoms with Gasteiger partial charge < -0.3 is 9.47 Å². The molecular weight excluding hydrogens is 323 g/mol. The van der Waals surface area contributed by atoms with E-state index >= 15 is 0 Å². The van der Waals surface area contributed by atoms with E-state index in [2.05, 4.69) is 6.92 Å². The first kappa shape index (κ1) is 18.9. The Morgan fingerprint density at radius 1 is 1.17 bits per heavy atom. The molecule has 0 amide bonds. The molecule has 5 heteroatoms. The van der Waals surface area contributed by atoms with Crippen molar-refractivity contribution >= 4 is 14.2 Å². The molecule has 1 aromatic rings. The summed E-state index contributed by atoms with van der Waals surface area (Å²) in [6, 6.07) is 5.39. The highest BCUT2D eigenvalue weighted by atomic mass is 31.1. The smallest absolute Gasteiger partial charge is 0.177 e. The maximum Gasteiger partial charge on any atom is 0.177 e. The van der Waals surface area contributed by atoms with Crippen LogP contribution in [-0.2, 0) is 4.57 Å². The van der Waals surface area contributed by atoms with Gasteiger partial charge in [-0.05, 0) is 31.4 Å². The Labute approximate surface area is 146 Å². The lowest BCUT2D eigenvalue weighted by Gasteiger charge is -2.40. The Hall–Kier alpha value is -1.41. The Morgan fingerprint density at radius 3 is 2.21 bits per heavy atom. The second-order valence-corrected chi connectivity index (χ2v) is 7.33. The average molecular weight is 350 g/mol. The van der Waals surface area contributed by atoms with E-state index < -0.39 is 5.41 Å². The van der Waals surface area contributed by atoms with Crippen molar-refractivity contribution in [1.29, 1.82) is 0 Å². The normalized spacial score (nSPS) is 18.1. The van der Waals surface area contributed by atoms with Crippen LogP contribution in [0.1, 0.15) is 62.2 Å². The first-order valence-electron chi connectivity index (χ1n) is 8.72. The number of ketones is 1. The molecule has 132 valence electrons. The van der Waals surface area contributed by atoms with E-state index in [9.17, 15) is 9.36 Å². The topological polar surface area (TPSA) is 52.6 Å². The lowest BCUT2D eigenvalue weighted by atomic mass is 9.66.